The first-order chi connectivity index (χ1) is 6.83. The van der Waals surface area contributed by atoms with Gasteiger partial charge in [-0.2, -0.15) is 0 Å². The van der Waals surface area contributed by atoms with E-state index in [1.807, 2.05) is 19.1 Å². The molecule has 0 amide bonds. The first-order valence-electron chi connectivity index (χ1n) is 5.00. The zero-order chi connectivity index (χ0) is 11.6. The largest absolute Gasteiger partial charge is 1.00 e. The highest BCUT2D eigenvalue weighted by Crippen LogP contribution is 2.31. The Labute approximate surface area is 115 Å². The first kappa shape index (κ1) is 15.5. The molecule has 0 fully saturated rings. The van der Waals surface area contributed by atoms with Crippen LogP contribution in [0.1, 0.15) is 11.1 Å². The van der Waals surface area contributed by atoms with Crippen molar-refractivity contribution >= 4 is 0 Å². The van der Waals surface area contributed by atoms with Crippen molar-refractivity contribution in [2.45, 2.75) is 13.5 Å². The number of benzene rings is 1. The lowest BCUT2D eigenvalue weighted by Crippen LogP contribution is -3.00. The molecule has 0 saturated heterocycles. The van der Waals surface area contributed by atoms with Crippen molar-refractivity contribution in [1.82, 2.24) is 0 Å². The van der Waals surface area contributed by atoms with Gasteiger partial charge in [0.2, 0.25) is 0 Å². The minimum Gasteiger partial charge on any atom is -1.00 e. The first-order valence-corrected chi connectivity index (χ1v) is 5.00. The Balaban J connectivity index is 0.00000225. The number of rotatable bonds is 3. The third kappa shape index (κ3) is 4.17. The summed E-state index contributed by atoms with van der Waals surface area (Å²) >= 11 is 0. The van der Waals surface area contributed by atoms with Crippen LogP contribution in [0.3, 0.4) is 0 Å². The van der Waals surface area contributed by atoms with Crippen LogP contribution in [-0.2, 0) is 6.54 Å². The Kier molecular flexibility index (Phi) is 5.55. The maximum atomic E-state index is 9.69. The molecular formula is C12H20INO2. The Morgan fingerprint density at radius 2 is 1.81 bits per heavy atom. The number of aromatic hydroxyl groups is 1. The highest BCUT2D eigenvalue weighted by molar-refractivity contribution is 5.47. The van der Waals surface area contributed by atoms with E-state index in [-0.39, 0.29) is 29.7 Å². The number of methoxy groups -OCH3 is 1. The van der Waals surface area contributed by atoms with Crippen LogP contribution in [0, 0.1) is 6.92 Å². The van der Waals surface area contributed by atoms with Gasteiger partial charge in [0.15, 0.2) is 11.5 Å². The second kappa shape index (κ2) is 5.72. The van der Waals surface area contributed by atoms with E-state index >= 15 is 0 Å². The molecule has 3 nitrogen and oxygen atoms in total. The number of nitrogens with zero attached hydrogens (tertiary/aromatic N) is 1. The van der Waals surface area contributed by atoms with Gasteiger partial charge >= 0.3 is 0 Å². The molecule has 0 aliphatic rings. The van der Waals surface area contributed by atoms with Crippen molar-refractivity contribution in [2.75, 3.05) is 28.3 Å². The molecule has 1 rings (SSSR count). The quantitative estimate of drug-likeness (QED) is 0.562. The fourth-order valence-corrected chi connectivity index (χ4v) is 1.61. The maximum absolute atomic E-state index is 9.69. The molecule has 0 bridgehead atoms. The maximum Gasteiger partial charge on any atom is 0.161 e. The lowest BCUT2D eigenvalue weighted by molar-refractivity contribution is -0.884. The predicted octanol–water partition coefficient (Wildman–Crippen LogP) is -1.08. The van der Waals surface area contributed by atoms with Crippen molar-refractivity contribution in [3.8, 4) is 11.5 Å². The number of phenolic OH excluding ortho intramolecular Hbond substituents is 1. The van der Waals surface area contributed by atoms with E-state index in [4.69, 9.17) is 4.74 Å². The predicted molar refractivity (Wildman–Crippen MR) is 61.1 cm³/mol. The fourth-order valence-electron chi connectivity index (χ4n) is 1.61. The second-order valence-electron chi connectivity index (χ2n) is 4.91. The molecule has 16 heavy (non-hydrogen) atoms. The van der Waals surface area contributed by atoms with Crippen LogP contribution in [0.15, 0.2) is 12.1 Å². The average Bonchev–Trinajstić information content (AvgIpc) is 2.08. The van der Waals surface area contributed by atoms with Gasteiger partial charge in [-0.1, -0.05) is 0 Å². The molecule has 0 aromatic heterocycles. The summed E-state index contributed by atoms with van der Waals surface area (Å²) in [6, 6.07) is 3.90. The number of hydrogen-bond donors (Lipinski definition) is 1. The van der Waals surface area contributed by atoms with Crippen LogP contribution < -0.4 is 28.7 Å². The summed E-state index contributed by atoms with van der Waals surface area (Å²) in [5.41, 5.74) is 2.03. The fraction of sp³-hybridized carbons (Fsp3) is 0.500. The van der Waals surface area contributed by atoms with Gasteiger partial charge in [0.25, 0.3) is 0 Å². The van der Waals surface area contributed by atoms with Crippen molar-refractivity contribution in [3.05, 3.63) is 23.3 Å². The third-order valence-electron chi connectivity index (χ3n) is 2.20. The highest BCUT2D eigenvalue weighted by Gasteiger charge is 2.13. The molecule has 0 atom stereocenters. The van der Waals surface area contributed by atoms with E-state index in [9.17, 15) is 5.11 Å². The van der Waals surface area contributed by atoms with Gasteiger partial charge in [-0.05, 0) is 24.6 Å². The van der Waals surface area contributed by atoms with E-state index < -0.39 is 0 Å². The van der Waals surface area contributed by atoms with Crippen LogP contribution in [0.2, 0.25) is 0 Å². The van der Waals surface area contributed by atoms with Crippen molar-refractivity contribution in [1.29, 1.82) is 0 Å². The topological polar surface area (TPSA) is 29.5 Å². The Morgan fingerprint density at radius 3 is 2.25 bits per heavy atom. The van der Waals surface area contributed by atoms with Crippen molar-refractivity contribution in [2.24, 2.45) is 0 Å². The van der Waals surface area contributed by atoms with Gasteiger partial charge in [0, 0.05) is 5.56 Å². The number of quaternary nitrogens is 1. The molecule has 0 aliphatic heterocycles. The monoisotopic (exact) mass is 337 g/mol. The summed E-state index contributed by atoms with van der Waals surface area (Å²) in [4.78, 5) is 0. The molecular weight excluding hydrogens is 317 g/mol. The van der Waals surface area contributed by atoms with Gasteiger partial charge in [0.05, 0.1) is 28.3 Å². The number of halogens is 1. The summed E-state index contributed by atoms with van der Waals surface area (Å²) in [5.74, 6) is 0.793. The lowest BCUT2D eigenvalue weighted by Gasteiger charge is -2.24. The minimum atomic E-state index is 0. The van der Waals surface area contributed by atoms with E-state index in [1.54, 1.807) is 7.11 Å². The average molecular weight is 337 g/mol. The minimum absolute atomic E-state index is 0. The summed E-state index contributed by atoms with van der Waals surface area (Å²) in [6.45, 7) is 2.80. The Bertz CT molecular complexity index is 359. The van der Waals surface area contributed by atoms with Crippen molar-refractivity contribution < 1.29 is 38.3 Å². The van der Waals surface area contributed by atoms with Gasteiger partial charge in [-0.15, -0.1) is 0 Å². The summed E-state index contributed by atoms with van der Waals surface area (Å²) in [5, 5.41) is 9.69. The van der Waals surface area contributed by atoms with Gasteiger partial charge < -0.3 is 38.3 Å². The van der Waals surface area contributed by atoms with Gasteiger partial charge in [-0.3, -0.25) is 0 Å². The Hall–Kier alpha value is -0.490. The smallest absolute Gasteiger partial charge is 0.161 e. The van der Waals surface area contributed by atoms with E-state index in [1.165, 1.54) is 5.56 Å². The molecule has 0 saturated carbocycles. The number of hydrogen-bond acceptors (Lipinski definition) is 2. The van der Waals surface area contributed by atoms with Crippen LogP contribution >= 0.6 is 0 Å². The zero-order valence-corrected chi connectivity index (χ0v) is 12.7. The standard InChI is InChI=1S/C12H19NO2.HI/c1-9-6-10(8-13(2,3)4)7-11(15-5)12(9)14;/h6-7H,8H2,1-5H3;1H. The molecule has 1 N–H and O–H groups in total. The summed E-state index contributed by atoms with van der Waals surface area (Å²) in [7, 11) is 7.97. The summed E-state index contributed by atoms with van der Waals surface area (Å²) in [6.07, 6.45) is 0. The molecule has 0 heterocycles. The number of aryl methyl sites for hydroxylation is 1. The molecule has 0 radical (unpaired) electrons. The number of phenols is 1. The molecule has 92 valence electrons. The van der Waals surface area contributed by atoms with Crippen molar-refractivity contribution in [3.63, 3.8) is 0 Å². The van der Waals surface area contributed by atoms with E-state index in [2.05, 4.69) is 21.1 Å². The SMILES string of the molecule is COc1cc(C[N+](C)(C)C)cc(C)c1O.[I-]. The molecule has 1 aromatic rings. The van der Waals surface area contributed by atoms with Crippen LogP contribution in [-0.4, -0.2) is 37.8 Å². The normalized spacial score (nSPS) is 10.8. The molecule has 4 heteroatoms. The summed E-state index contributed by atoms with van der Waals surface area (Å²) < 4.78 is 5.98. The Morgan fingerprint density at radius 1 is 1.25 bits per heavy atom. The lowest BCUT2D eigenvalue weighted by atomic mass is 10.1. The second-order valence-corrected chi connectivity index (χ2v) is 4.91. The van der Waals surface area contributed by atoms with Crippen LogP contribution in [0.4, 0.5) is 0 Å². The van der Waals surface area contributed by atoms with E-state index in [0.29, 0.717) is 5.75 Å². The number of ether oxygens (including phenoxy) is 1. The van der Waals surface area contributed by atoms with Gasteiger partial charge in [-0.25, -0.2) is 0 Å². The van der Waals surface area contributed by atoms with Crippen LogP contribution in [0.5, 0.6) is 11.5 Å². The molecule has 0 spiro atoms. The molecule has 1 aromatic carbocycles. The van der Waals surface area contributed by atoms with Crippen LogP contribution in [0.25, 0.3) is 0 Å². The third-order valence-corrected chi connectivity index (χ3v) is 2.20. The highest BCUT2D eigenvalue weighted by atomic mass is 127. The van der Waals surface area contributed by atoms with Gasteiger partial charge in [0.1, 0.15) is 6.54 Å². The zero-order valence-electron chi connectivity index (χ0n) is 10.5. The molecule has 0 aliphatic carbocycles. The molecule has 0 unspecified atom stereocenters. The van der Waals surface area contributed by atoms with E-state index in [0.717, 1.165) is 16.6 Å².